The lowest BCUT2D eigenvalue weighted by Crippen LogP contribution is -2.34. The van der Waals surface area contributed by atoms with E-state index >= 15 is 0 Å². The van der Waals surface area contributed by atoms with Gasteiger partial charge in [0.25, 0.3) is 0 Å². The Morgan fingerprint density at radius 1 is 1.50 bits per heavy atom. The fourth-order valence-electron chi connectivity index (χ4n) is 1.67. The minimum absolute atomic E-state index is 0.0896. The molecular weight excluding hydrogens is 235 g/mol. The summed E-state index contributed by atoms with van der Waals surface area (Å²) in [4.78, 5) is 11.5. The Balaban J connectivity index is 1.84. The van der Waals surface area contributed by atoms with Crippen molar-refractivity contribution in [1.29, 1.82) is 0 Å². The number of nitrogens with one attached hydrogen (secondary N) is 2. The quantitative estimate of drug-likeness (QED) is 0.800. The molecule has 0 heterocycles. The Hall–Kier alpha value is -1.62. The molecule has 0 aliphatic heterocycles. The fourth-order valence-corrected chi connectivity index (χ4v) is 1.67. The molecule has 2 rings (SSSR count). The SMILES string of the molecule is COc1ccc(F)cc1CNC(=O)CNC1CC1. The van der Waals surface area contributed by atoms with E-state index in [2.05, 4.69) is 10.6 Å². The first-order valence-corrected chi connectivity index (χ1v) is 6.01. The average Bonchev–Trinajstić information content (AvgIpc) is 3.18. The van der Waals surface area contributed by atoms with Crippen LogP contribution in [0.15, 0.2) is 18.2 Å². The van der Waals surface area contributed by atoms with Crippen LogP contribution in [0.2, 0.25) is 0 Å². The Kier molecular flexibility index (Phi) is 4.15. The minimum atomic E-state index is -0.337. The number of ether oxygens (including phenoxy) is 1. The summed E-state index contributed by atoms with van der Waals surface area (Å²) in [5.41, 5.74) is 0.636. The molecule has 4 nitrogen and oxygen atoms in total. The van der Waals surface area contributed by atoms with Gasteiger partial charge >= 0.3 is 0 Å². The molecule has 18 heavy (non-hydrogen) atoms. The zero-order valence-electron chi connectivity index (χ0n) is 10.3. The van der Waals surface area contributed by atoms with Crippen LogP contribution in [-0.4, -0.2) is 25.6 Å². The molecule has 0 saturated heterocycles. The minimum Gasteiger partial charge on any atom is -0.496 e. The van der Waals surface area contributed by atoms with Gasteiger partial charge in [0.15, 0.2) is 0 Å². The van der Waals surface area contributed by atoms with Crippen molar-refractivity contribution < 1.29 is 13.9 Å². The summed E-state index contributed by atoms with van der Waals surface area (Å²) >= 11 is 0. The lowest BCUT2D eigenvalue weighted by atomic mass is 10.2. The van der Waals surface area contributed by atoms with Gasteiger partial charge in [-0.1, -0.05) is 0 Å². The predicted molar refractivity (Wildman–Crippen MR) is 65.8 cm³/mol. The normalized spacial score (nSPS) is 14.3. The van der Waals surface area contributed by atoms with E-state index in [0.29, 0.717) is 23.9 Å². The third-order valence-electron chi connectivity index (χ3n) is 2.85. The van der Waals surface area contributed by atoms with Gasteiger partial charge in [-0.3, -0.25) is 4.79 Å². The number of methoxy groups -OCH3 is 1. The first-order chi connectivity index (χ1) is 8.69. The van der Waals surface area contributed by atoms with Gasteiger partial charge in [0.05, 0.1) is 13.7 Å². The van der Waals surface area contributed by atoms with Gasteiger partial charge in [-0.15, -0.1) is 0 Å². The van der Waals surface area contributed by atoms with Crippen LogP contribution in [0.1, 0.15) is 18.4 Å². The summed E-state index contributed by atoms with van der Waals surface area (Å²) in [6.45, 7) is 0.578. The lowest BCUT2D eigenvalue weighted by molar-refractivity contribution is -0.120. The van der Waals surface area contributed by atoms with E-state index in [4.69, 9.17) is 4.74 Å². The summed E-state index contributed by atoms with van der Waals surface area (Å²) in [5, 5.41) is 5.85. The smallest absolute Gasteiger partial charge is 0.234 e. The fraction of sp³-hybridized carbons (Fsp3) is 0.462. The number of rotatable bonds is 6. The molecule has 0 radical (unpaired) electrons. The van der Waals surface area contributed by atoms with Crippen LogP contribution in [0.25, 0.3) is 0 Å². The maximum Gasteiger partial charge on any atom is 0.234 e. The first-order valence-electron chi connectivity index (χ1n) is 6.01. The Labute approximate surface area is 106 Å². The van der Waals surface area contributed by atoms with Crippen molar-refractivity contribution in [3.63, 3.8) is 0 Å². The van der Waals surface area contributed by atoms with Crippen molar-refractivity contribution in [1.82, 2.24) is 10.6 Å². The molecular formula is C13H17FN2O2. The number of hydrogen-bond acceptors (Lipinski definition) is 3. The van der Waals surface area contributed by atoms with Gasteiger partial charge in [-0.05, 0) is 31.0 Å². The van der Waals surface area contributed by atoms with Crippen molar-refractivity contribution in [2.24, 2.45) is 0 Å². The standard InChI is InChI=1S/C13H17FN2O2/c1-18-12-5-2-10(14)6-9(12)7-16-13(17)8-15-11-3-4-11/h2,5-6,11,15H,3-4,7-8H2,1H3,(H,16,17). The molecule has 1 aliphatic rings. The van der Waals surface area contributed by atoms with Crippen LogP contribution in [0, 0.1) is 5.82 Å². The van der Waals surface area contributed by atoms with Crippen LogP contribution in [0.5, 0.6) is 5.75 Å². The largest absolute Gasteiger partial charge is 0.496 e. The molecule has 5 heteroatoms. The van der Waals surface area contributed by atoms with E-state index in [-0.39, 0.29) is 18.3 Å². The molecule has 2 N–H and O–H groups in total. The zero-order chi connectivity index (χ0) is 13.0. The van der Waals surface area contributed by atoms with Crippen LogP contribution in [0.4, 0.5) is 4.39 Å². The summed E-state index contributed by atoms with van der Waals surface area (Å²) in [6.07, 6.45) is 2.29. The van der Waals surface area contributed by atoms with Gasteiger partial charge in [-0.2, -0.15) is 0 Å². The highest BCUT2D eigenvalue weighted by molar-refractivity contribution is 5.78. The third-order valence-corrected chi connectivity index (χ3v) is 2.85. The second-order valence-electron chi connectivity index (χ2n) is 4.39. The van der Waals surface area contributed by atoms with Crippen LogP contribution >= 0.6 is 0 Å². The number of amides is 1. The van der Waals surface area contributed by atoms with Crippen molar-refractivity contribution in [2.45, 2.75) is 25.4 Å². The first kappa shape index (κ1) is 12.8. The van der Waals surface area contributed by atoms with E-state index < -0.39 is 0 Å². The topological polar surface area (TPSA) is 50.4 Å². The van der Waals surface area contributed by atoms with E-state index in [1.807, 2.05) is 0 Å². The summed E-state index contributed by atoms with van der Waals surface area (Å²) in [7, 11) is 1.52. The molecule has 1 aliphatic carbocycles. The molecule has 0 aromatic heterocycles. The second-order valence-corrected chi connectivity index (χ2v) is 4.39. The highest BCUT2D eigenvalue weighted by Crippen LogP contribution is 2.19. The molecule has 0 spiro atoms. The number of carbonyl (C=O) groups excluding carboxylic acids is 1. The summed E-state index contributed by atoms with van der Waals surface area (Å²) in [6, 6.07) is 4.75. The van der Waals surface area contributed by atoms with Gasteiger partial charge in [0, 0.05) is 18.2 Å². The number of hydrogen-bond donors (Lipinski definition) is 2. The van der Waals surface area contributed by atoms with Crippen molar-refractivity contribution >= 4 is 5.91 Å². The highest BCUT2D eigenvalue weighted by Gasteiger charge is 2.21. The lowest BCUT2D eigenvalue weighted by Gasteiger charge is -2.10. The second kappa shape index (κ2) is 5.82. The molecule has 1 fully saturated rings. The molecule has 0 bridgehead atoms. The predicted octanol–water partition coefficient (Wildman–Crippen LogP) is 1.20. The monoisotopic (exact) mass is 252 g/mol. The van der Waals surface area contributed by atoms with Crippen LogP contribution in [0.3, 0.4) is 0 Å². The number of carbonyl (C=O) groups is 1. The van der Waals surface area contributed by atoms with Gasteiger partial charge in [0.2, 0.25) is 5.91 Å². The zero-order valence-corrected chi connectivity index (χ0v) is 10.3. The number of halogens is 1. The van der Waals surface area contributed by atoms with Crippen molar-refractivity contribution in [2.75, 3.05) is 13.7 Å². The van der Waals surface area contributed by atoms with Crippen molar-refractivity contribution in [3.8, 4) is 5.75 Å². The Bertz CT molecular complexity index is 433. The van der Waals surface area contributed by atoms with E-state index in [1.54, 1.807) is 6.07 Å². The maximum atomic E-state index is 13.1. The molecule has 1 saturated carbocycles. The molecule has 98 valence electrons. The molecule has 1 aromatic carbocycles. The van der Waals surface area contributed by atoms with Crippen molar-refractivity contribution in [3.05, 3.63) is 29.6 Å². The summed E-state index contributed by atoms with van der Waals surface area (Å²) < 4.78 is 18.2. The molecule has 1 aromatic rings. The molecule has 1 amide bonds. The molecule has 0 atom stereocenters. The Morgan fingerprint density at radius 2 is 2.28 bits per heavy atom. The number of benzene rings is 1. The van der Waals surface area contributed by atoms with Crippen LogP contribution in [-0.2, 0) is 11.3 Å². The van der Waals surface area contributed by atoms with E-state index in [1.165, 1.54) is 19.2 Å². The average molecular weight is 252 g/mol. The summed E-state index contributed by atoms with van der Waals surface area (Å²) in [5.74, 6) is 0.149. The van der Waals surface area contributed by atoms with Gasteiger partial charge < -0.3 is 15.4 Å². The third kappa shape index (κ3) is 3.70. The Morgan fingerprint density at radius 3 is 2.94 bits per heavy atom. The highest BCUT2D eigenvalue weighted by atomic mass is 19.1. The van der Waals surface area contributed by atoms with E-state index in [9.17, 15) is 9.18 Å². The van der Waals surface area contributed by atoms with Crippen LogP contribution < -0.4 is 15.4 Å². The van der Waals surface area contributed by atoms with Gasteiger partial charge in [0.1, 0.15) is 11.6 Å². The van der Waals surface area contributed by atoms with E-state index in [0.717, 1.165) is 12.8 Å². The maximum absolute atomic E-state index is 13.1. The van der Waals surface area contributed by atoms with Gasteiger partial charge in [-0.25, -0.2) is 4.39 Å². The molecule has 0 unspecified atom stereocenters.